The van der Waals surface area contributed by atoms with Crippen molar-refractivity contribution < 1.29 is 9.59 Å². The van der Waals surface area contributed by atoms with E-state index in [4.69, 9.17) is 0 Å². The molecular weight excluding hydrogens is 252 g/mol. The summed E-state index contributed by atoms with van der Waals surface area (Å²) in [5.74, 6) is 0.226. The Bertz CT molecular complexity index is 391. The van der Waals surface area contributed by atoms with E-state index in [1.54, 1.807) is 4.90 Å². The van der Waals surface area contributed by atoms with Crippen LogP contribution in [0.1, 0.15) is 64.7 Å². The quantitative estimate of drug-likeness (QED) is 0.748. The van der Waals surface area contributed by atoms with Crippen molar-refractivity contribution in [3.63, 3.8) is 0 Å². The van der Waals surface area contributed by atoms with Crippen molar-refractivity contribution in [1.82, 2.24) is 10.2 Å². The first kappa shape index (κ1) is 14.1. The minimum absolute atomic E-state index is 0.0817. The van der Waals surface area contributed by atoms with Gasteiger partial charge in [-0.2, -0.15) is 0 Å². The van der Waals surface area contributed by atoms with Crippen LogP contribution < -0.4 is 5.32 Å². The molecule has 3 fully saturated rings. The second-order valence-electron chi connectivity index (χ2n) is 6.98. The maximum absolute atomic E-state index is 12.9. The molecule has 4 heteroatoms. The molecule has 20 heavy (non-hydrogen) atoms. The van der Waals surface area contributed by atoms with Crippen molar-refractivity contribution in [3.05, 3.63) is 0 Å². The first-order chi connectivity index (χ1) is 9.62. The number of imide groups is 1. The number of carbonyl (C=O) groups excluding carboxylic acids is 2. The van der Waals surface area contributed by atoms with Gasteiger partial charge in [0, 0.05) is 19.0 Å². The van der Waals surface area contributed by atoms with E-state index < -0.39 is 0 Å². The maximum Gasteiger partial charge on any atom is 0.236 e. The van der Waals surface area contributed by atoms with Crippen LogP contribution in [-0.2, 0) is 9.59 Å². The Balaban J connectivity index is 1.76. The van der Waals surface area contributed by atoms with Gasteiger partial charge >= 0.3 is 0 Å². The van der Waals surface area contributed by atoms with Crippen molar-refractivity contribution in [2.75, 3.05) is 6.54 Å². The molecule has 2 atom stereocenters. The average Bonchev–Trinajstić information content (AvgIpc) is 2.60. The number of hydrogen-bond donors (Lipinski definition) is 1. The van der Waals surface area contributed by atoms with Crippen LogP contribution in [0.3, 0.4) is 0 Å². The first-order valence-electron chi connectivity index (χ1n) is 8.22. The lowest BCUT2D eigenvalue weighted by molar-refractivity contribution is -0.145. The molecule has 4 nitrogen and oxygen atoms in total. The molecule has 1 spiro atoms. The summed E-state index contributed by atoms with van der Waals surface area (Å²) in [5.41, 5.74) is -0.337. The monoisotopic (exact) mass is 278 g/mol. The van der Waals surface area contributed by atoms with Gasteiger partial charge in [0.2, 0.25) is 11.8 Å². The molecule has 2 heterocycles. The molecule has 1 aliphatic carbocycles. The number of carbonyl (C=O) groups is 2. The summed E-state index contributed by atoms with van der Waals surface area (Å²) in [7, 11) is 0. The van der Waals surface area contributed by atoms with Crippen LogP contribution in [0.2, 0.25) is 0 Å². The van der Waals surface area contributed by atoms with Crippen molar-refractivity contribution in [1.29, 1.82) is 0 Å². The molecule has 0 bridgehead atoms. The van der Waals surface area contributed by atoms with Crippen LogP contribution in [0.5, 0.6) is 0 Å². The standard InChI is InChI=1S/C16H26N2O2/c1-12-6-7-13(11-17-12)18-14(19)10-16(15(18)20)8-4-2-3-5-9-16/h12-13,17H,2-11H2,1H3. The predicted molar refractivity (Wildman–Crippen MR) is 77.1 cm³/mol. The lowest BCUT2D eigenvalue weighted by atomic mass is 9.79. The summed E-state index contributed by atoms with van der Waals surface area (Å²) in [5, 5.41) is 3.41. The van der Waals surface area contributed by atoms with Crippen molar-refractivity contribution in [2.24, 2.45) is 5.41 Å². The molecule has 0 radical (unpaired) electrons. The normalized spacial score (nSPS) is 34.5. The van der Waals surface area contributed by atoms with Crippen LogP contribution in [0.25, 0.3) is 0 Å². The molecule has 2 amide bonds. The highest BCUT2D eigenvalue weighted by Crippen LogP contribution is 2.45. The fourth-order valence-electron chi connectivity index (χ4n) is 4.19. The Kier molecular flexibility index (Phi) is 3.85. The van der Waals surface area contributed by atoms with E-state index in [0.717, 1.165) is 45.1 Å². The van der Waals surface area contributed by atoms with Gasteiger partial charge in [-0.15, -0.1) is 0 Å². The summed E-state index contributed by atoms with van der Waals surface area (Å²) in [4.78, 5) is 27.0. The summed E-state index contributed by atoms with van der Waals surface area (Å²) in [6.07, 6.45) is 8.96. The first-order valence-corrected chi connectivity index (χ1v) is 8.22. The molecular formula is C16H26N2O2. The zero-order chi connectivity index (χ0) is 14.2. The third-order valence-corrected chi connectivity index (χ3v) is 5.49. The third kappa shape index (κ3) is 2.39. The molecule has 2 unspecified atom stereocenters. The van der Waals surface area contributed by atoms with Gasteiger partial charge in [-0.1, -0.05) is 25.7 Å². The number of nitrogens with zero attached hydrogens (tertiary/aromatic N) is 1. The second-order valence-corrected chi connectivity index (χ2v) is 6.98. The molecule has 112 valence electrons. The smallest absolute Gasteiger partial charge is 0.236 e. The van der Waals surface area contributed by atoms with Crippen LogP contribution in [0.15, 0.2) is 0 Å². The number of rotatable bonds is 1. The number of likely N-dealkylation sites (tertiary alicyclic amines) is 1. The zero-order valence-electron chi connectivity index (χ0n) is 12.5. The van der Waals surface area contributed by atoms with E-state index in [9.17, 15) is 9.59 Å². The van der Waals surface area contributed by atoms with Gasteiger partial charge in [-0.3, -0.25) is 14.5 Å². The van der Waals surface area contributed by atoms with Gasteiger partial charge in [-0.25, -0.2) is 0 Å². The highest BCUT2D eigenvalue weighted by atomic mass is 16.2. The molecule has 0 aromatic heterocycles. The van der Waals surface area contributed by atoms with Gasteiger partial charge in [0.25, 0.3) is 0 Å². The van der Waals surface area contributed by atoms with E-state index in [1.165, 1.54) is 12.8 Å². The van der Waals surface area contributed by atoms with Crippen LogP contribution in [0, 0.1) is 5.41 Å². The Morgan fingerprint density at radius 1 is 1.10 bits per heavy atom. The Morgan fingerprint density at radius 3 is 2.40 bits per heavy atom. The minimum Gasteiger partial charge on any atom is -0.312 e. The molecule has 0 aromatic carbocycles. The SMILES string of the molecule is CC1CCC(N2C(=O)CC3(CCCCCC3)C2=O)CN1. The van der Waals surface area contributed by atoms with Gasteiger partial charge in [-0.05, 0) is 32.6 Å². The zero-order valence-corrected chi connectivity index (χ0v) is 12.5. The van der Waals surface area contributed by atoms with E-state index in [0.29, 0.717) is 12.5 Å². The third-order valence-electron chi connectivity index (χ3n) is 5.49. The summed E-state index contributed by atoms with van der Waals surface area (Å²) >= 11 is 0. The Labute approximate surface area is 121 Å². The Hall–Kier alpha value is -0.900. The Morgan fingerprint density at radius 2 is 1.80 bits per heavy atom. The highest BCUT2D eigenvalue weighted by Gasteiger charge is 2.52. The van der Waals surface area contributed by atoms with E-state index in [-0.39, 0.29) is 23.3 Å². The number of hydrogen-bond acceptors (Lipinski definition) is 3. The molecule has 2 aliphatic heterocycles. The topological polar surface area (TPSA) is 49.4 Å². The van der Waals surface area contributed by atoms with Gasteiger partial charge < -0.3 is 5.32 Å². The molecule has 1 N–H and O–H groups in total. The average molecular weight is 278 g/mol. The summed E-state index contributed by atoms with van der Waals surface area (Å²) in [6, 6.07) is 0.597. The predicted octanol–water partition coefficient (Wildman–Crippen LogP) is 2.23. The molecule has 3 rings (SSSR count). The number of amides is 2. The number of nitrogens with one attached hydrogen (secondary N) is 1. The maximum atomic E-state index is 12.9. The van der Waals surface area contributed by atoms with Gasteiger partial charge in [0.15, 0.2) is 0 Å². The molecule has 1 saturated carbocycles. The fourth-order valence-corrected chi connectivity index (χ4v) is 4.19. The van der Waals surface area contributed by atoms with E-state index in [1.807, 2.05) is 0 Å². The van der Waals surface area contributed by atoms with Crippen molar-refractivity contribution in [3.8, 4) is 0 Å². The van der Waals surface area contributed by atoms with Gasteiger partial charge in [0.05, 0.1) is 11.5 Å². The molecule has 0 aromatic rings. The summed E-state index contributed by atoms with van der Waals surface area (Å²) in [6.45, 7) is 2.94. The van der Waals surface area contributed by atoms with Gasteiger partial charge in [0.1, 0.15) is 0 Å². The van der Waals surface area contributed by atoms with E-state index >= 15 is 0 Å². The molecule has 3 aliphatic rings. The summed E-state index contributed by atoms with van der Waals surface area (Å²) < 4.78 is 0. The van der Waals surface area contributed by atoms with E-state index in [2.05, 4.69) is 12.2 Å². The van der Waals surface area contributed by atoms with Crippen LogP contribution >= 0.6 is 0 Å². The number of piperidine rings is 1. The lowest BCUT2D eigenvalue weighted by Gasteiger charge is -2.34. The fraction of sp³-hybridized carbons (Fsp3) is 0.875. The van der Waals surface area contributed by atoms with Crippen LogP contribution in [-0.4, -0.2) is 35.3 Å². The van der Waals surface area contributed by atoms with Crippen molar-refractivity contribution >= 4 is 11.8 Å². The lowest BCUT2D eigenvalue weighted by Crippen LogP contribution is -2.52. The second kappa shape index (κ2) is 5.47. The minimum atomic E-state index is -0.337. The van der Waals surface area contributed by atoms with Crippen LogP contribution in [0.4, 0.5) is 0 Å². The largest absolute Gasteiger partial charge is 0.312 e. The highest BCUT2D eigenvalue weighted by molar-refractivity contribution is 6.06. The molecule has 2 saturated heterocycles. The van der Waals surface area contributed by atoms with Crippen molar-refractivity contribution in [2.45, 2.75) is 76.8 Å².